The third-order valence-corrected chi connectivity index (χ3v) is 3.05. The molecule has 0 bridgehead atoms. The molecule has 1 aliphatic heterocycles. The zero-order valence-electron chi connectivity index (χ0n) is 9.42. The fourth-order valence-electron chi connectivity index (χ4n) is 1.71. The number of amides is 1. The molecule has 0 saturated carbocycles. The van der Waals surface area contributed by atoms with E-state index in [1.54, 1.807) is 13.8 Å². The van der Waals surface area contributed by atoms with Crippen LogP contribution in [0.1, 0.15) is 33.6 Å². The summed E-state index contributed by atoms with van der Waals surface area (Å²) in [5, 5.41) is 9.10. The van der Waals surface area contributed by atoms with E-state index >= 15 is 0 Å². The average Bonchev–Trinajstić information content (AvgIpc) is 2.18. The lowest BCUT2D eigenvalue weighted by atomic mass is 9.90. The zero-order chi connectivity index (χ0) is 10.8. The number of aliphatic hydroxyl groups is 1. The van der Waals surface area contributed by atoms with Crippen molar-refractivity contribution in [3.05, 3.63) is 0 Å². The van der Waals surface area contributed by atoms with Crippen molar-refractivity contribution in [3.63, 3.8) is 0 Å². The van der Waals surface area contributed by atoms with E-state index in [4.69, 9.17) is 5.11 Å². The van der Waals surface area contributed by atoms with Crippen molar-refractivity contribution < 1.29 is 9.90 Å². The maximum Gasteiger partial charge on any atom is 0.230 e. The molecule has 1 fully saturated rings. The van der Waals surface area contributed by atoms with E-state index < -0.39 is 5.41 Å². The van der Waals surface area contributed by atoms with Gasteiger partial charge in [-0.25, -0.2) is 0 Å². The molecule has 3 nitrogen and oxygen atoms in total. The van der Waals surface area contributed by atoms with E-state index in [0.29, 0.717) is 0 Å². The first kappa shape index (κ1) is 11.5. The van der Waals surface area contributed by atoms with Gasteiger partial charge in [0.15, 0.2) is 0 Å². The summed E-state index contributed by atoms with van der Waals surface area (Å²) < 4.78 is 0. The van der Waals surface area contributed by atoms with Crippen LogP contribution in [0.5, 0.6) is 0 Å². The smallest absolute Gasteiger partial charge is 0.230 e. The summed E-state index contributed by atoms with van der Waals surface area (Å²) >= 11 is 0. The number of piperidine rings is 1. The number of hydrogen-bond acceptors (Lipinski definition) is 2. The molecule has 0 aromatic heterocycles. The summed E-state index contributed by atoms with van der Waals surface area (Å²) in [5.74, 6) is 0.822. The summed E-state index contributed by atoms with van der Waals surface area (Å²) in [6.07, 6.45) is 2.18. The molecule has 82 valence electrons. The number of rotatable bonds is 2. The van der Waals surface area contributed by atoms with Crippen LogP contribution in [0, 0.1) is 11.3 Å². The van der Waals surface area contributed by atoms with Gasteiger partial charge < -0.3 is 10.0 Å². The molecule has 0 aliphatic carbocycles. The second-order valence-electron chi connectivity index (χ2n) is 5.02. The third kappa shape index (κ3) is 2.47. The predicted molar refractivity (Wildman–Crippen MR) is 55.8 cm³/mol. The number of likely N-dealkylation sites (tertiary alicyclic amines) is 1. The van der Waals surface area contributed by atoms with Gasteiger partial charge in [0.05, 0.1) is 12.0 Å². The summed E-state index contributed by atoms with van der Waals surface area (Å²) in [4.78, 5) is 13.8. The van der Waals surface area contributed by atoms with Crippen LogP contribution in [0.25, 0.3) is 0 Å². The van der Waals surface area contributed by atoms with E-state index in [-0.39, 0.29) is 12.5 Å². The Kier molecular flexibility index (Phi) is 3.53. The quantitative estimate of drug-likeness (QED) is 0.727. The van der Waals surface area contributed by atoms with Crippen LogP contribution in [-0.2, 0) is 4.79 Å². The molecule has 0 radical (unpaired) electrons. The van der Waals surface area contributed by atoms with Crippen molar-refractivity contribution in [2.45, 2.75) is 33.6 Å². The van der Waals surface area contributed by atoms with Gasteiger partial charge in [0.2, 0.25) is 5.91 Å². The highest BCUT2D eigenvalue weighted by atomic mass is 16.3. The molecule has 0 aromatic carbocycles. The highest BCUT2D eigenvalue weighted by molar-refractivity contribution is 5.82. The monoisotopic (exact) mass is 199 g/mol. The molecule has 0 unspecified atom stereocenters. The molecule has 0 spiro atoms. The van der Waals surface area contributed by atoms with Crippen molar-refractivity contribution in [3.8, 4) is 0 Å². The molecule has 1 rings (SSSR count). The Balaban J connectivity index is 2.54. The van der Waals surface area contributed by atoms with E-state index in [0.717, 1.165) is 31.8 Å². The highest BCUT2D eigenvalue weighted by Gasteiger charge is 2.32. The van der Waals surface area contributed by atoms with Crippen molar-refractivity contribution in [1.82, 2.24) is 4.90 Å². The summed E-state index contributed by atoms with van der Waals surface area (Å²) in [5.41, 5.74) is -0.611. The summed E-state index contributed by atoms with van der Waals surface area (Å²) in [6, 6.07) is 0. The van der Waals surface area contributed by atoms with Crippen LogP contribution in [-0.4, -0.2) is 35.6 Å². The number of nitrogens with zero attached hydrogens (tertiary/aromatic N) is 1. The van der Waals surface area contributed by atoms with Crippen LogP contribution < -0.4 is 0 Å². The fourth-order valence-corrected chi connectivity index (χ4v) is 1.71. The number of carbonyl (C=O) groups excluding carboxylic acids is 1. The van der Waals surface area contributed by atoms with E-state index in [2.05, 4.69) is 6.92 Å². The second-order valence-corrected chi connectivity index (χ2v) is 5.02. The number of hydrogen-bond donors (Lipinski definition) is 1. The molecule has 1 amide bonds. The Bertz CT molecular complexity index is 205. The minimum atomic E-state index is -0.611. The first-order chi connectivity index (χ1) is 6.47. The maximum absolute atomic E-state index is 11.9. The molecular formula is C11H21NO2. The van der Waals surface area contributed by atoms with E-state index in [1.807, 2.05) is 4.90 Å². The third-order valence-electron chi connectivity index (χ3n) is 3.05. The van der Waals surface area contributed by atoms with Gasteiger partial charge in [-0.1, -0.05) is 6.92 Å². The molecule has 0 aromatic rings. The molecule has 1 saturated heterocycles. The Morgan fingerprint density at radius 1 is 1.43 bits per heavy atom. The topological polar surface area (TPSA) is 40.5 Å². The standard InChI is InChI=1S/C11H21NO2/c1-9-4-6-12(7-5-9)10(14)11(2,3)8-13/h9,13H,4-8H2,1-3H3. The Morgan fingerprint density at radius 3 is 2.36 bits per heavy atom. The predicted octanol–water partition coefficient (Wildman–Crippen LogP) is 1.26. The Morgan fingerprint density at radius 2 is 1.93 bits per heavy atom. The van der Waals surface area contributed by atoms with Crippen LogP contribution in [0.2, 0.25) is 0 Å². The molecular weight excluding hydrogens is 178 g/mol. The fraction of sp³-hybridized carbons (Fsp3) is 0.909. The van der Waals surface area contributed by atoms with Crippen molar-refractivity contribution >= 4 is 5.91 Å². The lowest BCUT2D eigenvalue weighted by molar-refractivity contribution is -0.143. The minimum absolute atomic E-state index is 0.0715. The van der Waals surface area contributed by atoms with Gasteiger partial charge in [0, 0.05) is 13.1 Å². The lowest BCUT2D eigenvalue weighted by Crippen LogP contribution is -2.46. The van der Waals surface area contributed by atoms with Crippen LogP contribution >= 0.6 is 0 Å². The average molecular weight is 199 g/mol. The molecule has 0 atom stereocenters. The number of carbonyl (C=O) groups is 1. The molecule has 1 aliphatic rings. The van der Waals surface area contributed by atoms with Gasteiger partial charge >= 0.3 is 0 Å². The minimum Gasteiger partial charge on any atom is -0.395 e. The first-order valence-corrected chi connectivity index (χ1v) is 5.37. The normalized spacial score (nSPS) is 19.9. The summed E-state index contributed by atoms with van der Waals surface area (Å²) in [6.45, 7) is 7.45. The Labute approximate surface area is 86.1 Å². The van der Waals surface area contributed by atoms with Crippen LogP contribution in [0.15, 0.2) is 0 Å². The lowest BCUT2D eigenvalue weighted by Gasteiger charge is -2.35. The molecule has 3 heteroatoms. The largest absolute Gasteiger partial charge is 0.395 e. The van der Waals surface area contributed by atoms with Crippen molar-refractivity contribution in [2.75, 3.05) is 19.7 Å². The maximum atomic E-state index is 11.9. The van der Waals surface area contributed by atoms with Gasteiger partial charge in [-0.15, -0.1) is 0 Å². The molecule has 1 heterocycles. The zero-order valence-corrected chi connectivity index (χ0v) is 9.42. The number of aliphatic hydroxyl groups excluding tert-OH is 1. The van der Waals surface area contributed by atoms with Crippen LogP contribution in [0.4, 0.5) is 0 Å². The molecule has 1 N–H and O–H groups in total. The van der Waals surface area contributed by atoms with Gasteiger partial charge in [0.25, 0.3) is 0 Å². The highest BCUT2D eigenvalue weighted by Crippen LogP contribution is 2.23. The van der Waals surface area contributed by atoms with E-state index in [9.17, 15) is 4.79 Å². The van der Waals surface area contributed by atoms with Gasteiger partial charge in [0.1, 0.15) is 0 Å². The van der Waals surface area contributed by atoms with Gasteiger partial charge in [-0.2, -0.15) is 0 Å². The summed E-state index contributed by atoms with van der Waals surface area (Å²) in [7, 11) is 0. The van der Waals surface area contributed by atoms with Gasteiger partial charge in [-0.05, 0) is 32.6 Å². The van der Waals surface area contributed by atoms with Crippen molar-refractivity contribution in [1.29, 1.82) is 0 Å². The van der Waals surface area contributed by atoms with Crippen molar-refractivity contribution in [2.24, 2.45) is 11.3 Å². The molecule has 14 heavy (non-hydrogen) atoms. The van der Waals surface area contributed by atoms with E-state index in [1.165, 1.54) is 0 Å². The van der Waals surface area contributed by atoms with Gasteiger partial charge in [-0.3, -0.25) is 4.79 Å². The second kappa shape index (κ2) is 4.30. The van der Waals surface area contributed by atoms with Crippen LogP contribution in [0.3, 0.4) is 0 Å². The first-order valence-electron chi connectivity index (χ1n) is 5.37. The SMILES string of the molecule is CC1CCN(C(=O)C(C)(C)CO)CC1. The Hall–Kier alpha value is -0.570.